The minimum atomic E-state index is -0.231. The average Bonchev–Trinajstić information content (AvgIpc) is 2.41. The molecular formula is C15H17FN2OS. The van der Waals surface area contributed by atoms with Gasteiger partial charge in [-0.3, -0.25) is 9.36 Å². The van der Waals surface area contributed by atoms with E-state index in [-0.39, 0.29) is 17.3 Å². The van der Waals surface area contributed by atoms with Gasteiger partial charge in [0.25, 0.3) is 5.56 Å². The predicted molar refractivity (Wildman–Crippen MR) is 79.5 cm³/mol. The second-order valence-electron chi connectivity index (χ2n) is 4.90. The van der Waals surface area contributed by atoms with Crippen molar-refractivity contribution in [3.05, 3.63) is 57.8 Å². The van der Waals surface area contributed by atoms with Crippen LogP contribution in [-0.2, 0) is 12.8 Å². The minimum absolute atomic E-state index is 0.0836. The van der Waals surface area contributed by atoms with E-state index in [0.29, 0.717) is 16.5 Å². The summed E-state index contributed by atoms with van der Waals surface area (Å²) in [5.41, 5.74) is 1.30. The third-order valence-electron chi connectivity index (χ3n) is 3.02. The van der Waals surface area contributed by atoms with Crippen LogP contribution in [0, 0.1) is 5.82 Å². The molecule has 3 nitrogen and oxygen atoms in total. The van der Waals surface area contributed by atoms with Crippen molar-refractivity contribution >= 4 is 11.8 Å². The summed E-state index contributed by atoms with van der Waals surface area (Å²) in [6.07, 6.45) is 0. The number of hydrogen-bond acceptors (Lipinski definition) is 3. The summed E-state index contributed by atoms with van der Waals surface area (Å²) in [4.78, 5) is 16.4. The van der Waals surface area contributed by atoms with E-state index in [4.69, 9.17) is 0 Å². The highest BCUT2D eigenvalue weighted by atomic mass is 32.2. The zero-order valence-electron chi connectivity index (χ0n) is 11.8. The molecule has 1 aromatic heterocycles. The quantitative estimate of drug-likeness (QED) is 0.640. The highest BCUT2D eigenvalue weighted by molar-refractivity contribution is 7.98. The summed E-state index contributed by atoms with van der Waals surface area (Å²) in [6.45, 7) is 3.99. The van der Waals surface area contributed by atoms with E-state index in [1.807, 2.05) is 13.8 Å². The third-order valence-corrected chi connectivity index (χ3v) is 4.10. The number of halogens is 1. The van der Waals surface area contributed by atoms with Crippen molar-refractivity contribution in [2.24, 2.45) is 7.05 Å². The molecule has 2 rings (SSSR count). The average molecular weight is 292 g/mol. The van der Waals surface area contributed by atoms with Gasteiger partial charge in [-0.25, -0.2) is 9.37 Å². The molecule has 1 heterocycles. The zero-order valence-corrected chi connectivity index (χ0v) is 12.6. The molecular weight excluding hydrogens is 275 g/mol. The van der Waals surface area contributed by atoms with Gasteiger partial charge < -0.3 is 0 Å². The molecule has 0 saturated heterocycles. The molecule has 2 aromatic rings. The first kappa shape index (κ1) is 14.8. The number of nitrogens with zero attached hydrogens (tertiary/aromatic N) is 2. The smallest absolute Gasteiger partial charge is 0.254 e. The lowest BCUT2D eigenvalue weighted by Gasteiger charge is -2.11. The summed E-state index contributed by atoms with van der Waals surface area (Å²) in [6, 6.07) is 8.20. The second-order valence-corrected chi connectivity index (χ2v) is 5.84. The van der Waals surface area contributed by atoms with Gasteiger partial charge >= 0.3 is 0 Å². The Morgan fingerprint density at radius 1 is 1.35 bits per heavy atom. The fourth-order valence-electron chi connectivity index (χ4n) is 1.72. The first-order valence-electron chi connectivity index (χ1n) is 6.43. The van der Waals surface area contributed by atoms with Gasteiger partial charge in [-0.1, -0.05) is 43.8 Å². The maximum atomic E-state index is 13.6. The Labute approximate surface area is 121 Å². The van der Waals surface area contributed by atoms with E-state index in [2.05, 4.69) is 4.98 Å². The van der Waals surface area contributed by atoms with Crippen molar-refractivity contribution in [2.75, 3.05) is 0 Å². The summed E-state index contributed by atoms with van der Waals surface area (Å²) >= 11 is 1.37. The van der Waals surface area contributed by atoms with Gasteiger partial charge in [0.15, 0.2) is 5.16 Å². The van der Waals surface area contributed by atoms with Crippen LogP contribution in [0.2, 0.25) is 0 Å². The van der Waals surface area contributed by atoms with Crippen LogP contribution >= 0.6 is 11.8 Å². The van der Waals surface area contributed by atoms with Crippen LogP contribution in [0.5, 0.6) is 0 Å². The number of benzene rings is 1. The fourth-order valence-corrected chi connectivity index (χ4v) is 2.69. The summed E-state index contributed by atoms with van der Waals surface area (Å²) < 4.78 is 15.1. The van der Waals surface area contributed by atoms with E-state index in [9.17, 15) is 9.18 Å². The van der Waals surface area contributed by atoms with Gasteiger partial charge in [0.2, 0.25) is 0 Å². The standard InChI is InChI=1S/C15H17FN2OS/c1-10(2)13-8-14(19)18(3)15(17-13)20-9-11-6-4-5-7-12(11)16/h4-8,10H,9H2,1-3H3. The van der Waals surface area contributed by atoms with Crippen LogP contribution in [0.25, 0.3) is 0 Å². The van der Waals surface area contributed by atoms with Gasteiger partial charge in [-0.15, -0.1) is 0 Å². The van der Waals surface area contributed by atoms with Gasteiger partial charge in [-0.2, -0.15) is 0 Å². The van der Waals surface area contributed by atoms with Crippen LogP contribution < -0.4 is 5.56 Å². The van der Waals surface area contributed by atoms with Crippen molar-refractivity contribution in [3.8, 4) is 0 Å². The molecule has 0 radical (unpaired) electrons. The van der Waals surface area contributed by atoms with Gasteiger partial charge in [0.1, 0.15) is 5.82 Å². The Morgan fingerprint density at radius 3 is 2.70 bits per heavy atom. The monoisotopic (exact) mass is 292 g/mol. The zero-order chi connectivity index (χ0) is 14.7. The largest absolute Gasteiger partial charge is 0.291 e. The Kier molecular flexibility index (Phi) is 4.60. The van der Waals surface area contributed by atoms with E-state index >= 15 is 0 Å². The number of thioether (sulfide) groups is 1. The van der Waals surface area contributed by atoms with Crippen LogP contribution in [0.4, 0.5) is 4.39 Å². The van der Waals surface area contributed by atoms with Crippen LogP contribution in [0.15, 0.2) is 40.3 Å². The molecule has 20 heavy (non-hydrogen) atoms. The summed E-state index contributed by atoms with van der Waals surface area (Å²) in [7, 11) is 1.68. The van der Waals surface area contributed by atoms with Gasteiger partial charge in [0.05, 0.1) is 5.69 Å². The molecule has 0 bridgehead atoms. The minimum Gasteiger partial charge on any atom is -0.291 e. The lowest BCUT2D eigenvalue weighted by Crippen LogP contribution is -2.20. The Bertz CT molecular complexity index is 667. The summed E-state index contributed by atoms with van der Waals surface area (Å²) in [5.74, 6) is 0.413. The lowest BCUT2D eigenvalue weighted by molar-refractivity contribution is 0.617. The molecule has 0 aliphatic carbocycles. The third kappa shape index (κ3) is 3.28. The van der Waals surface area contributed by atoms with Crippen molar-refractivity contribution in [1.82, 2.24) is 9.55 Å². The van der Waals surface area contributed by atoms with Crippen molar-refractivity contribution in [2.45, 2.75) is 30.7 Å². The topological polar surface area (TPSA) is 34.9 Å². The van der Waals surface area contributed by atoms with E-state index in [1.165, 1.54) is 22.4 Å². The molecule has 106 valence electrons. The van der Waals surface area contributed by atoms with Crippen LogP contribution in [0.1, 0.15) is 31.0 Å². The summed E-state index contributed by atoms with van der Waals surface area (Å²) in [5, 5.41) is 0.615. The lowest BCUT2D eigenvalue weighted by atomic mass is 10.1. The second kappa shape index (κ2) is 6.22. The van der Waals surface area contributed by atoms with Crippen LogP contribution in [-0.4, -0.2) is 9.55 Å². The van der Waals surface area contributed by atoms with E-state index < -0.39 is 0 Å². The highest BCUT2D eigenvalue weighted by Gasteiger charge is 2.10. The van der Waals surface area contributed by atoms with Crippen molar-refractivity contribution in [1.29, 1.82) is 0 Å². The Balaban J connectivity index is 2.25. The maximum absolute atomic E-state index is 13.6. The van der Waals surface area contributed by atoms with Crippen molar-refractivity contribution < 1.29 is 4.39 Å². The van der Waals surface area contributed by atoms with Crippen LogP contribution in [0.3, 0.4) is 0 Å². The molecule has 0 saturated carbocycles. The first-order chi connectivity index (χ1) is 9.49. The maximum Gasteiger partial charge on any atom is 0.254 e. The number of rotatable bonds is 4. The van der Waals surface area contributed by atoms with E-state index in [0.717, 1.165) is 5.69 Å². The Hall–Kier alpha value is -1.62. The van der Waals surface area contributed by atoms with Gasteiger partial charge in [0, 0.05) is 18.9 Å². The molecule has 0 fully saturated rings. The molecule has 0 spiro atoms. The SMILES string of the molecule is CC(C)c1cc(=O)n(C)c(SCc2ccccc2F)n1. The molecule has 0 amide bonds. The number of hydrogen-bond donors (Lipinski definition) is 0. The molecule has 0 N–H and O–H groups in total. The highest BCUT2D eigenvalue weighted by Crippen LogP contribution is 2.22. The molecule has 1 aromatic carbocycles. The molecule has 0 unspecified atom stereocenters. The molecule has 0 aliphatic rings. The Morgan fingerprint density at radius 2 is 2.05 bits per heavy atom. The molecule has 0 aliphatic heterocycles. The van der Waals surface area contributed by atoms with Gasteiger partial charge in [-0.05, 0) is 17.5 Å². The fraction of sp³-hybridized carbons (Fsp3) is 0.333. The molecule has 5 heteroatoms. The van der Waals surface area contributed by atoms with Crippen molar-refractivity contribution in [3.63, 3.8) is 0 Å². The number of aromatic nitrogens is 2. The van der Waals surface area contributed by atoms with E-state index in [1.54, 1.807) is 31.3 Å². The molecule has 0 atom stereocenters. The first-order valence-corrected chi connectivity index (χ1v) is 7.41. The normalized spacial score (nSPS) is 11.1. The predicted octanol–water partition coefficient (Wildman–Crippen LogP) is 3.34.